The quantitative estimate of drug-likeness (QED) is 0.758. The van der Waals surface area contributed by atoms with Crippen molar-refractivity contribution in [2.45, 2.75) is 56.4 Å². The lowest BCUT2D eigenvalue weighted by atomic mass is 9.94. The Balaban J connectivity index is 1.68. The molecule has 0 spiro atoms. The largest absolute Gasteiger partial charge is 0.495 e. The zero-order valence-corrected chi connectivity index (χ0v) is 18.5. The van der Waals surface area contributed by atoms with Crippen molar-refractivity contribution in [3.63, 3.8) is 0 Å². The Kier molecular flexibility index (Phi) is 5.59. The normalized spacial score (nSPS) is 16.5. The summed E-state index contributed by atoms with van der Waals surface area (Å²) in [6.45, 7) is 4.92. The summed E-state index contributed by atoms with van der Waals surface area (Å²) in [5.41, 5.74) is 3.67. The number of amides is 1. The number of hydrogen-bond acceptors (Lipinski definition) is 4. The predicted molar refractivity (Wildman–Crippen MR) is 117 cm³/mol. The topological polar surface area (TPSA) is 75.7 Å². The highest BCUT2D eigenvalue weighted by Crippen LogP contribution is 2.33. The average Bonchev–Trinajstić information content (AvgIpc) is 3.55. The van der Waals surface area contributed by atoms with E-state index in [0.717, 1.165) is 36.9 Å². The van der Waals surface area contributed by atoms with E-state index < -0.39 is 10.0 Å². The van der Waals surface area contributed by atoms with Crippen LogP contribution in [0.2, 0.25) is 0 Å². The van der Waals surface area contributed by atoms with Gasteiger partial charge in [0.1, 0.15) is 10.6 Å². The Morgan fingerprint density at radius 2 is 1.93 bits per heavy atom. The van der Waals surface area contributed by atoms with Crippen molar-refractivity contribution in [3.8, 4) is 5.75 Å². The molecule has 0 bridgehead atoms. The molecule has 2 aliphatic rings. The van der Waals surface area contributed by atoms with E-state index in [9.17, 15) is 13.2 Å². The van der Waals surface area contributed by atoms with Crippen LogP contribution in [-0.2, 0) is 16.4 Å². The van der Waals surface area contributed by atoms with Gasteiger partial charge in [0.25, 0.3) is 5.91 Å². The highest BCUT2D eigenvalue weighted by atomic mass is 32.2. The Morgan fingerprint density at radius 1 is 1.17 bits per heavy atom. The van der Waals surface area contributed by atoms with Crippen molar-refractivity contribution in [2.75, 3.05) is 18.6 Å². The summed E-state index contributed by atoms with van der Waals surface area (Å²) in [7, 11) is -2.32. The lowest BCUT2D eigenvalue weighted by molar-refractivity contribution is 0.0985. The molecule has 1 N–H and O–H groups in total. The zero-order valence-electron chi connectivity index (χ0n) is 17.6. The fourth-order valence-electron chi connectivity index (χ4n) is 3.85. The standard InChI is InChI=1S/C23H28N2O4S/c1-15(2)16-6-10-20-17(13-16)5-4-12-25(20)23(26)18-7-11-21(29-3)22(14-18)30(27,28)24-19-8-9-19/h6-7,10-11,13-15,19,24H,4-5,8-9,12H2,1-3H3. The van der Waals surface area contributed by atoms with Crippen molar-refractivity contribution in [3.05, 3.63) is 53.1 Å². The molecule has 1 amide bonds. The third-order valence-corrected chi connectivity index (χ3v) is 7.27. The average molecular weight is 429 g/mol. The van der Waals surface area contributed by atoms with E-state index in [2.05, 4.69) is 30.7 Å². The molecule has 0 atom stereocenters. The van der Waals surface area contributed by atoms with Crippen molar-refractivity contribution < 1.29 is 17.9 Å². The van der Waals surface area contributed by atoms with Gasteiger partial charge in [-0.25, -0.2) is 13.1 Å². The first-order chi connectivity index (χ1) is 14.3. The first-order valence-corrected chi connectivity index (χ1v) is 11.9. The fourth-order valence-corrected chi connectivity index (χ4v) is 5.35. The van der Waals surface area contributed by atoms with Crippen molar-refractivity contribution in [1.82, 2.24) is 4.72 Å². The molecule has 2 aromatic rings. The van der Waals surface area contributed by atoms with Crippen LogP contribution in [0.3, 0.4) is 0 Å². The molecule has 1 heterocycles. The second-order valence-electron chi connectivity index (χ2n) is 8.36. The number of sulfonamides is 1. The summed E-state index contributed by atoms with van der Waals surface area (Å²) in [6, 6.07) is 10.9. The lowest BCUT2D eigenvalue weighted by Crippen LogP contribution is -2.35. The molecule has 2 aromatic carbocycles. The number of ether oxygens (including phenoxy) is 1. The monoisotopic (exact) mass is 428 g/mol. The number of nitrogens with zero attached hydrogens (tertiary/aromatic N) is 1. The molecule has 30 heavy (non-hydrogen) atoms. The van der Waals surface area contributed by atoms with Crippen LogP contribution < -0.4 is 14.4 Å². The molecule has 0 radical (unpaired) electrons. The number of anilines is 1. The summed E-state index contributed by atoms with van der Waals surface area (Å²) < 4.78 is 33.5. The highest BCUT2D eigenvalue weighted by Gasteiger charge is 2.31. The highest BCUT2D eigenvalue weighted by molar-refractivity contribution is 7.89. The summed E-state index contributed by atoms with van der Waals surface area (Å²) in [5.74, 6) is 0.466. The van der Waals surface area contributed by atoms with Crippen LogP contribution in [0.4, 0.5) is 5.69 Å². The molecule has 1 saturated carbocycles. The Morgan fingerprint density at radius 3 is 2.60 bits per heavy atom. The van der Waals surface area contributed by atoms with E-state index in [1.165, 1.54) is 18.7 Å². The number of rotatable bonds is 6. The molecule has 1 aliphatic heterocycles. The number of aryl methyl sites for hydroxylation is 1. The molecule has 1 aliphatic carbocycles. The van der Waals surface area contributed by atoms with E-state index >= 15 is 0 Å². The van der Waals surface area contributed by atoms with Crippen molar-refractivity contribution in [1.29, 1.82) is 0 Å². The van der Waals surface area contributed by atoms with E-state index in [-0.39, 0.29) is 22.6 Å². The Labute approximate surface area is 178 Å². The molecular weight excluding hydrogens is 400 g/mol. The minimum atomic E-state index is -3.75. The summed E-state index contributed by atoms with van der Waals surface area (Å²) in [4.78, 5) is 15.1. The second-order valence-corrected chi connectivity index (χ2v) is 10.0. The number of carbonyl (C=O) groups is 1. The third-order valence-electron chi connectivity index (χ3n) is 5.73. The summed E-state index contributed by atoms with van der Waals surface area (Å²) in [5, 5.41) is 0. The summed E-state index contributed by atoms with van der Waals surface area (Å²) >= 11 is 0. The molecule has 0 saturated heterocycles. The van der Waals surface area contributed by atoms with Crippen molar-refractivity contribution in [2.24, 2.45) is 0 Å². The molecule has 160 valence electrons. The second kappa shape index (κ2) is 8.04. The number of fused-ring (bicyclic) bond motifs is 1. The van der Waals surface area contributed by atoms with Gasteiger partial charge in [0.2, 0.25) is 10.0 Å². The number of benzene rings is 2. The van der Waals surface area contributed by atoms with Crippen LogP contribution in [0.25, 0.3) is 0 Å². The fraction of sp³-hybridized carbons (Fsp3) is 0.435. The maximum atomic E-state index is 13.4. The number of nitrogens with one attached hydrogen (secondary N) is 1. The molecular formula is C23H28N2O4S. The Hall–Kier alpha value is -2.38. The molecule has 1 fully saturated rings. The lowest BCUT2D eigenvalue weighted by Gasteiger charge is -2.30. The first kappa shape index (κ1) is 20.9. The number of carbonyl (C=O) groups excluding carboxylic acids is 1. The zero-order chi connectivity index (χ0) is 21.5. The van der Waals surface area contributed by atoms with Crippen molar-refractivity contribution >= 4 is 21.6 Å². The van der Waals surface area contributed by atoms with E-state index in [1.807, 2.05) is 6.07 Å². The Bertz CT molecular complexity index is 1070. The van der Waals surface area contributed by atoms with Crippen LogP contribution in [0.1, 0.15) is 60.5 Å². The SMILES string of the molecule is COc1ccc(C(=O)N2CCCc3cc(C(C)C)ccc32)cc1S(=O)(=O)NC1CC1. The molecule has 0 unspecified atom stereocenters. The van der Waals surface area contributed by atoms with E-state index in [0.29, 0.717) is 18.0 Å². The number of hydrogen-bond donors (Lipinski definition) is 1. The third kappa shape index (κ3) is 4.09. The smallest absolute Gasteiger partial charge is 0.258 e. The minimum Gasteiger partial charge on any atom is -0.495 e. The van der Waals surface area contributed by atoms with Crippen LogP contribution in [0.15, 0.2) is 41.3 Å². The van der Waals surface area contributed by atoms with E-state index in [4.69, 9.17) is 4.74 Å². The van der Waals surface area contributed by atoms with Gasteiger partial charge in [-0.15, -0.1) is 0 Å². The molecule has 7 heteroatoms. The molecule has 4 rings (SSSR count). The van der Waals surface area contributed by atoms with Crippen LogP contribution in [-0.4, -0.2) is 34.0 Å². The predicted octanol–water partition coefficient (Wildman–Crippen LogP) is 3.85. The first-order valence-electron chi connectivity index (χ1n) is 10.4. The van der Waals surface area contributed by atoms with Gasteiger partial charge in [0.05, 0.1) is 7.11 Å². The van der Waals surface area contributed by atoms with Gasteiger partial charge in [-0.2, -0.15) is 0 Å². The van der Waals surface area contributed by atoms with Gasteiger partial charge in [-0.05, 0) is 67.0 Å². The minimum absolute atomic E-state index is 0.00939. The van der Waals surface area contributed by atoms with Gasteiger partial charge in [-0.3, -0.25) is 4.79 Å². The van der Waals surface area contributed by atoms with Gasteiger partial charge in [-0.1, -0.05) is 26.0 Å². The molecule has 6 nitrogen and oxygen atoms in total. The van der Waals surface area contributed by atoms with Gasteiger partial charge < -0.3 is 9.64 Å². The van der Waals surface area contributed by atoms with Gasteiger partial charge in [0.15, 0.2) is 0 Å². The van der Waals surface area contributed by atoms with Gasteiger partial charge >= 0.3 is 0 Å². The maximum absolute atomic E-state index is 13.4. The van der Waals surface area contributed by atoms with Crippen LogP contribution in [0.5, 0.6) is 5.75 Å². The maximum Gasteiger partial charge on any atom is 0.258 e. The van der Waals surface area contributed by atoms with Crippen LogP contribution in [0, 0.1) is 0 Å². The van der Waals surface area contributed by atoms with Gasteiger partial charge in [0, 0.05) is 23.8 Å². The van der Waals surface area contributed by atoms with Crippen LogP contribution >= 0.6 is 0 Å². The molecule has 0 aromatic heterocycles. The number of methoxy groups -OCH3 is 1. The summed E-state index contributed by atoms with van der Waals surface area (Å²) in [6.07, 6.45) is 3.49. The van der Waals surface area contributed by atoms with E-state index in [1.54, 1.807) is 17.0 Å².